The van der Waals surface area contributed by atoms with Crippen LogP contribution in [0.15, 0.2) is 30.3 Å². The molecule has 20 heavy (non-hydrogen) atoms. The van der Waals surface area contributed by atoms with Gasteiger partial charge in [-0.05, 0) is 31.7 Å². The highest BCUT2D eigenvalue weighted by atomic mass is 16.1. The second-order valence-electron chi connectivity index (χ2n) is 6.00. The fourth-order valence-electron chi connectivity index (χ4n) is 3.39. The summed E-state index contributed by atoms with van der Waals surface area (Å²) < 4.78 is 0. The Balaban J connectivity index is 2.37. The van der Waals surface area contributed by atoms with Crippen LogP contribution in [0.4, 0.5) is 0 Å². The fourth-order valence-corrected chi connectivity index (χ4v) is 3.39. The molecule has 0 spiro atoms. The Kier molecular flexibility index (Phi) is 4.81. The van der Waals surface area contributed by atoms with Gasteiger partial charge in [0.2, 0.25) is 5.91 Å². The van der Waals surface area contributed by atoms with Gasteiger partial charge in [0.05, 0.1) is 0 Å². The summed E-state index contributed by atoms with van der Waals surface area (Å²) in [5, 5.41) is 3.56. The fraction of sp³-hybridized carbons (Fsp3) is 0.588. The molecule has 3 atom stereocenters. The van der Waals surface area contributed by atoms with Crippen molar-refractivity contribution < 1.29 is 4.79 Å². The number of nitrogens with one attached hydrogen (secondary N) is 1. The molecule has 0 radical (unpaired) electrons. The Morgan fingerprint density at radius 3 is 2.70 bits per heavy atom. The second kappa shape index (κ2) is 6.40. The van der Waals surface area contributed by atoms with Gasteiger partial charge in [-0.3, -0.25) is 4.79 Å². The number of benzene rings is 1. The molecule has 3 nitrogen and oxygen atoms in total. The van der Waals surface area contributed by atoms with E-state index < -0.39 is 5.54 Å². The first-order valence-corrected chi connectivity index (χ1v) is 7.72. The Morgan fingerprint density at radius 2 is 2.10 bits per heavy atom. The minimum absolute atomic E-state index is 0.184. The van der Waals surface area contributed by atoms with Crippen molar-refractivity contribution in [1.82, 2.24) is 5.32 Å². The Hall–Kier alpha value is -1.35. The number of carbonyl (C=O) groups is 1. The van der Waals surface area contributed by atoms with Crippen molar-refractivity contribution in [2.24, 2.45) is 5.73 Å². The van der Waals surface area contributed by atoms with Crippen LogP contribution in [0.5, 0.6) is 0 Å². The van der Waals surface area contributed by atoms with Crippen molar-refractivity contribution in [1.29, 1.82) is 0 Å². The summed E-state index contributed by atoms with van der Waals surface area (Å²) in [4.78, 5) is 12.3. The van der Waals surface area contributed by atoms with Gasteiger partial charge < -0.3 is 11.1 Å². The zero-order valence-electron chi connectivity index (χ0n) is 12.6. The van der Waals surface area contributed by atoms with Crippen molar-refractivity contribution >= 4 is 5.91 Å². The van der Waals surface area contributed by atoms with E-state index in [1.807, 2.05) is 18.2 Å². The van der Waals surface area contributed by atoms with E-state index in [1.165, 1.54) is 5.56 Å². The molecule has 1 aromatic rings. The molecule has 0 aliphatic heterocycles. The lowest BCUT2D eigenvalue weighted by Gasteiger charge is -2.44. The van der Waals surface area contributed by atoms with Gasteiger partial charge in [0.25, 0.3) is 0 Å². The second-order valence-corrected chi connectivity index (χ2v) is 6.00. The number of hydrogen-bond acceptors (Lipinski definition) is 2. The summed E-state index contributed by atoms with van der Waals surface area (Å²) in [5.74, 6) is -0.0182. The van der Waals surface area contributed by atoms with E-state index in [1.54, 1.807) is 0 Å². The summed E-state index contributed by atoms with van der Waals surface area (Å²) in [6, 6.07) is 10.6. The smallest absolute Gasteiger partial charge is 0.238 e. The van der Waals surface area contributed by atoms with Crippen LogP contribution in [-0.4, -0.2) is 17.5 Å². The quantitative estimate of drug-likeness (QED) is 0.867. The van der Waals surface area contributed by atoms with Crippen LogP contribution in [0.2, 0.25) is 0 Å². The number of hydrogen-bond donors (Lipinski definition) is 2. The molecular formula is C17H26N2O. The van der Waals surface area contributed by atoms with Crippen molar-refractivity contribution in [3.63, 3.8) is 0 Å². The first kappa shape index (κ1) is 15.0. The van der Waals surface area contributed by atoms with E-state index in [0.29, 0.717) is 6.04 Å². The molecule has 1 aliphatic carbocycles. The summed E-state index contributed by atoms with van der Waals surface area (Å²) in [6.45, 7) is 4.26. The van der Waals surface area contributed by atoms with Gasteiger partial charge in [-0.25, -0.2) is 0 Å². The predicted molar refractivity (Wildman–Crippen MR) is 82.5 cm³/mol. The molecule has 1 saturated carbocycles. The van der Waals surface area contributed by atoms with Crippen molar-refractivity contribution in [3.8, 4) is 0 Å². The molecule has 3 unspecified atom stereocenters. The topological polar surface area (TPSA) is 55.1 Å². The third-order valence-electron chi connectivity index (χ3n) is 4.67. The van der Waals surface area contributed by atoms with Crippen LogP contribution in [0.3, 0.4) is 0 Å². The van der Waals surface area contributed by atoms with E-state index >= 15 is 0 Å². The molecule has 0 saturated heterocycles. The molecule has 0 aromatic heterocycles. The molecule has 0 heterocycles. The van der Waals surface area contributed by atoms with E-state index in [4.69, 9.17) is 5.73 Å². The highest BCUT2D eigenvalue weighted by molar-refractivity contribution is 5.86. The third-order valence-corrected chi connectivity index (χ3v) is 4.67. The van der Waals surface area contributed by atoms with Crippen molar-refractivity contribution in [2.75, 3.05) is 0 Å². The molecular weight excluding hydrogens is 248 g/mol. The first-order valence-electron chi connectivity index (χ1n) is 7.72. The minimum Gasteiger partial charge on any atom is -0.368 e. The van der Waals surface area contributed by atoms with Gasteiger partial charge in [-0.1, -0.05) is 50.1 Å². The maximum atomic E-state index is 12.3. The highest BCUT2D eigenvalue weighted by Crippen LogP contribution is 2.41. The van der Waals surface area contributed by atoms with Gasteiger partial charge in [-0.2, -0.15) is 0 Å². The Labute approximate surface area is 121 Å². The molecule has 3 N–H and O–H groups in total. The normalized spacial score (nSPS) is 28.0. The van der Waals surface area contributed by atoms with Crippen LogP contribution in [0, 0.1) is 0 Å². The molecule has 2 rings (SSSR count). The van der Waals surface area contributed by atoms with Crippen LogP contribution < -0.4 is 11.1 Å². The predicted octanol–water partition coefficient (Wildman–Crippen LogP) is 2.96. The van der Waals surface area contributed by atoms with E-state index in [2.05, 4.69) is 31.3 Å². The zero-order chi connectivity index (χ0) is 14.6. The summed E-state index contributed by atoms with van der Waals surface area (Å²) in [7, 11) is 0. The molecule has 1 amide bonds. The number of amides is 1. The molecule has 1 fully saturated rings. The van der Waals surface area contributed by atoms with Gasteiger partial charge in [-0.15, -0.1) is 0 Å². The van der Waals surface area contributed by atoms with E-state index in [0.717, 1.165) is 32.1 Å². The Morgan fingerprint density at radius 1 is 1.40 bits per heavy atom. The maximum Gasteiger partial charge on any atom is 0.238 e. The number of nitrogens with two attached hydrogens (primary N) is 1. The molecule has 110 valence electrons. The lowest BCUT2D eigenvalue weighted by atomic mass is 9.68. The molecule has 1 aromatic carbocycles. The molecule has 0 bridgehead atoms. The van der Waals surface area contributed by atoms with E-state index in [-0.39, 0.29) is 11.8 Å². The van der Waals surface area contributed by atoms with Gasteiger partial charge in [0.1, 0.15) is 5.54 Å². The number of carbonyl (C=O) groups excluding carboxylic acids is 1. The molecule has 1 aliphatic rings. The van der Waals surface area contributed by atoms with Gasteiger partial charge >= 0.3 is 0 Å². The summed E-state index contributed by atoms with van der Waals surface area (Å²) in [6.07, 6.45) is 5.09. The number of rotatable bonds is 5. The van der Waals surface area contributed by atoms with Crippen molar-refractivity contribution in [2.45, 2.75) is 63.5 Å². The van der Waals surface area contributed by atoms with Gasteiger partial charge in [0, 0.05) is 12.0 Å². The van der Waals surface area contributed by atoms with Crippen molar-refractivity contribution in [3.05, 3.63) is 35.9 Å². The average molecular weight is 274 g/mol. The zero-order valence-corrected chi connectivity index (χ0v) is 12.6. The average Bonchev–Trinajstić information content (AvgIpc) is 2.48. The SMILES string of the molecule is CCC(C)NC1(C(N)=O)CCCCC1c1ccccc1. The first-order chi connectivity index (χ1) is 9.60. The molecule has 3 heteroatoms. The van der Waals surface area contributed by atoms with Crippen LogP contribution in [0.1, 0.15) is 57.4 Å². The third kappa shape index (κ3) is 2.88. The van der Waals surface area contributed by atoms with Gasteiger partial charge in [0.15, 0.2) is 0 Å². The lowest BCUT2D eigenvalue weighted by Crippen LogP contribution is -2.62. The largest absolute Gasteiger partial charge is 0.368 e. The number of primary amides is 1. The summed E-state index contributed by atoms with van der Waals surface area (Å²) in [5.41, 5.74) is 6.47. The van der Waals surface area contributed by atoms with Crippen LogP contribution in [0.25, 0.3) is 0 Å². The summed E-state index contributed by atoms with van der Waals surface area (Å²) >= 11 is 0. The lowest BCUT2D eigenvalue weighted by molar-refractivity contribution is -0.127. The highest BCUT2D eigenvalue weighted by Gasteiger charge is 2.46. The van der Waals surface area contributed by atoms with E-state index in [9.17, 15) is 4.79 Å². The Bertz CT molecular complexity index is 446. The minimum atomic E-state index is -0.588. The maximum absolute atomic E-state index is 12.3. The standard InChI is InChI=1S/C17H26N2O/c1-3-13(2)19-17(16(18)20)12-8-7-11-15(17)14-9-5-4-6-10-14/h4-6,9-10,13,15,19H,3,7-8,11-12H2,1-2H3,(H2,18,20). The van der Waals surface area contributed by atoms with Crippen LogP contribution >= 0.6 is 0 Å². The monoisotopic (exact) mass is 274 g/mol. The van der Waals surface area contributed by atoms with Crippen LogP contribution in [-0.2, 0) is 4.79 Å².